The third-order valence-electron chi connectivity index (χ3n) is 7.12. The van der Waals surface area contributed by atoms with E-state index in [1.165, 1.54) is 12.4 Å². The van der Waals surface area contributed by atoms with E-state index in [1.54, 1.807) is 28.9 Å². The van der Waals surface area contributed by atoms with E-state index in [1.807, 2.05) is 4.90 Å². The smallest absolute Gasteiger partial charge is 0.383 e. The molecule has 2 atom stereocenters. The normalized spacial score (nSPS) is 17.4. The topological polar surface area (TPSA) is 139 Å². The van der Waals surface area contributed by atoms with E-state index in [9.17, 15) is 31.1 Å². The molecule has 10 nitrogen and oxygen atoms in total. The Labute approximate surface area is 238 Å². The van der Waals surface area contributed by atoms with Crippen molar-refractivity contribution in [2.24, 2.45) is 0 Å². The molecule has 15 heteroatoms. The van der Waals surface area contributed by atoms with Crippen molar-refractivity contribution in [2.75, 3.05) is 18.8 Å². The van der Waals surface area contributed by atoms with Crippen LogP contribution in [0.25, 0.3) is 22.3 Å². The fourth-order valence-electron chi connectivity index (χ4n) is 4.96. The number of rotatable bonds is 8. The van der Waals surface area contributed by atoms with Gasteiger partial charge in [-0.05, 0) is 42.7 Å². The first-order valence-electron chi connectivity index (χ1n) is 12.9. The molecule has 222 valence electrons. The van der Waals surface area contributed by atoms with Gasteiger partial charge < -0.3 is 10.8 Å². The molecule has 2 aromatic heterocycles. The summed E-state index contributed by atoms with van der Waals surface area (Å²) < 4.78 is 82.0. The number of aliphatic hydroxyl groups is 1. The summed E-state index contributed by atoms with van der Waals surface area (Å²) in [6, 6.07) is 8.09. The van der Waals surface area contributed by atoms with Crippen molar-refractivity contribution in [3.63, 3.8) is 0 Å². The molecule has 1 aliphatic rings. The number of anilines is 1. The molecule has 1 aliphatic heterocycles. The minimum Gasteiger partial charge on any atom is -0.383 e. The number of aliphatic hydroxyl groups excluding tert-OH is 1. The molecule has 1 unspecified atom stereocenters. The molecule has 5 rings (SSSR count). The molecule has 42 heavy (non-hydrogen) atoms. The lowest BCUT2D eigenvalue weighted by Gasteiger charge is -2.34. The highest BCUT2D eigenvalue weighted by Crippen LogP contribution is 2.35. The van der Waals surface area contributed by atoms with Crippen LogP contribution < -0.4 is 10.5 Å². The Morgan fingerprint density at radius 2 is 1.93 bits per heavy atom. The van der Waals surface area contributed by atoms with Crippen LogP contribution in [0.1, 0.15) is 30.0 Å². The standard InChI is InChI=1S/C27H27F4N7O3S/c1-2-22(39)37-11-3-4-18(14-37)38-26-23(25(32)33-15-34-26)24(36-38)17-7-5-16(6-8-17)13-35-42(40,41)19-9-10-21(28)20(12-19)27(29,30)31/h2,5-10,12,15,18,22,35,39H,1,3-4,11,13-14H2,(H2,32,33,34)/t18-,22?/m1/s1. The number of fused-ring (bicyclic) bond motifs is 1. The summed E-state index contributed by atoms with van der Waals surface area (Å²) in [5.74, 6) is -1.33. The maximum atomic E-state index is 13.6. The van der Waals surface area contributed by atoms with Crippen LogP contribution in [-0.2, 0) is 22.7 Å². The SMILES string of the molecule is C=CC(O)N1CCC[C@@H](n2nc(-c3ccc(CNS(=O)(=O)c4ccc(F)c(C(F)(F)F)c4)cc3)c3c(N)ncnc32)C1. The second-order valence-corrected chi connectivity index (χ2v) is 11.6. The zero-order chi connectivity index (χ0) is 30.2. The van der Waals surface area contributed by atoms with Crippen LogP contribution in [0.3, 0.4) is 0 Å². The molecule has 0 spiro atoms. The van der Waals surface area contributed by atoms with Crippen LogP contribution >= 0.6 is 0 Å². The number of benzene rings is 2. The third-order valence-corrected chi connectivity index (χ3v) is 8.52. The van der Waals surface area contributed by atoms with Crippen molar-refractivity contribution in [1.29, 1.82) is 0 Å². The number of nitrogens with zero attached hydrogens (tertiary/aromatic N) is 5. The number of halogens is 4. The number of sulfonamides is 1. The van der Waals surface area contributed by atoms with E-state index < -0.39 is 38.7 Å². The van der Waals surface area contributed by atoms with Crippen LogP contribution in [0.5, 0.6) is 0 Å². The van der Waals surface area contributed by atoms with Gasteiger partial charge in [0.25, 0.3) is 0 Å². The van der Waals surface area contributed by atoms with Crippen LogP contribution in [0, 0.1) is 5.82 Å². The monoisotopic (exact) mass is 605 g/mol. The van der Waals surface area contributed by atoms with Gasteiger partial charge in [0.1, 0.15) is 29.9 Å². The number of piperidine rings is 1. The van der Waals surface area contributed by atoms with Gasteiger partial charge in [0.2, 0.25) is 10.0 Å². The van der Waals surface area contributed by atoms with Gasteiger partial charge in [-0.15, -0.1) is 0 Å². The quantitative estimate of drug-likeness (QED) is 0.203. The van der Waals surface area contributed by atoms with Crippen LogP contribution in [0.4, 0.5) is 23.4 Å². The Morgan fingerprint density at radius 3 is 2.62 bits per heavy atom. The predicted molar refractivity (Wildman–Crippen MR) is 147 cm³/mol. The number of aromatic nitrogens is 4. The van der Waals surface area contributed by atoms with Gasteiger partial charge in [0.15, 0.2) is 5.65 Å². The minimum atomic E-state index is -5.04. The lowest BCUT2D eigenvalue weighted by atomic mass is 10.1. The fourth-order valence-corrected chi connectivity index (χ4v) is 6.00. The van der Waals surface area contributed by atoms with Crippen LogP contribution in [-0.4, -0.2) is 57.5 Å². The largest absolute Gasteiger partial charge is 0.419 e. The molecule has 0 bridgehead atoms. The van der Waals surface area contributed by atoms with E-state index in [0.717, 1.165) is 18.9 Å². The average molecular weight is 606 g/mol. The van der Waals surface area contributed by atoms with Crippen molar-refractivity contribution in [1.82, 2.24) is 29.4 Å². The number of alkyl halides is 3. The number of nitrogens with one attached hydrogen (secondary N) is 1. The fraction of sp³-hybridized carbons (Fsp3) is 0.296. The first kappa shape index (κ1) is 29.6. The molecule has 0 saturated carbocycles. The van der Waals surface area contributed by atoms with Crippen LogP contribution in [0.15, 0.2) is 66.3 Å². The molecular formula is C27H27F4N7O3S. The highest BCUT2D eigenvalue weighted by molar-refractivity contribution is 7.89. The molecular weight excluding hydrogens is 578 g/mol. The molecule has 4 N–H and O–H groups in total. The summed E-state index contributed by atoms with van der Waals surface area (Å²) >= 11 is 0. The Balaban J connectivity index is 1.39. The second kappa shape index (κ2) is 11.4. The average Bonchev–Trinajstić information content (AvgIpc) is 3.36. The molecule has 0 amide bonds. The van der Waals surface area contributed by atoms with E-state index in [4.69, 9.17) is 10.8 Å². The zero-order valence-electron chi connectivity index (χ0n) is 22.1. The van der Waals surface area contributed by atoms with Gasteiger partial charge in [-0.2, -0.15) is 18.3 Å². The first-order valence-corrected chi connectivity index (χ1v) is 14.4. The predicted octanol–water partition coefficient (Wildman–Crippen LogP) is 3.85. The van der Waals surface area contributed by atoms with Gasteiger partial charge in [0, 0.05) is 25.2 Å². The number of hydrogen-bond donors (Lipinski definition) is 3. The van der Waals surface area contributed by atoms with E-state index in [0.29, 0.717) is 47.0 Å². The molecule has 3 heterocycles. The third kappa shape index (κ3) is 5.86. The molecule has 1 saturated heterocycles. The summed E-state index contributed by atoms with van der Waals surface area (Å²) in [5.41, 5.74) is 6.77. The lowest BCUT2D eigenvalue weighted by molar-refractivity contribution is -0.140. The van der Waals surface area contributed by atoms with Gasteiger partial charge in [-0.3, -0.25) is 4.90 Å². The molecule has 1 fully saturated rings. The number of likely N-dealkylation sites (tertiary alicyclic amines) is 1. The minimum absolute atomic E-state index is 0.100. The van der Waals surface area contributed by atoms with Crippen molar-refractivity contribution in [3.8, 4) is 11.3 Å². The maximum Gasteiger partial charge on any atom is 0.419 e. The van der Waals surface area contributed by atoms with Crippen molar-refractivity contribution in [3.05, 3.63) is 78.4 Å². The van der Waals surface area contributed by atoms with E-state index in [2.05, 4.69) is 21.3 Å². The summed E-state index contributed by atoms with van der Waals surface area (Å²) in [4.78, 5) is 9.72. The lowest BCUT2D eigenvalue weighted by Crippen LogP contribution is -2.42. The van der Waals surface area contributed by atoms with Crippen molar-refractivity contribution in [2.45, 2.75) is 42.7 Å². The van der Waals surface area contributed by atoms with Gasteiger partial charge in [-0.1, -0.05) is 30.8 Å². The van der Waals surface area contributed by atoms with E-state index in [-0.39, 0.29) is 24.5 Å². The Morgan fingerprint density at radius 1 is 1.19 bits per heavy atom. The highest BCUT2D eigenvalue weighted by Gasteiger charge is 2.35. The number of nitrogen functional groups attached to an aromatic ring is 1. The zero-order valence-corrected chi connectivity index (χ0v) is 22.9. The van der Waals surface area contributed by atoms with Gasteiger partial charge in [0.05, 0.1) is 21.9 Å². The highest BCUT2D eigenvalue weighted by atomic mass is 32.2. The number of hydrogen-bond acceptors (Lipinski definition) is 8. The Hall–Kier alpha value is -3.92. The maximum absolute atomic E-state index is 13.6. The number of nitrogens with two attached hydrogens (primary N) is 1. The molecule has 0 aliphatic carbocycles. The molecule has 4 aromatic rings. The second-order valence-electron chi connectivity index (χ2n) is 9.85. The van der Waals surface area contributed by atoms with Crippen molar-refractivity contribution < 1.29 is 31.1 Å². The summed E-state index contributed by atoms with van der Waals surface area (Å²) in [7, 11) is -4.37. The summed E-state index contributed by atoms with van der Waals surface area (Å²) in [6.07, 6.45) is -1.37. The Bertz CT molecular complexity index is 1730. The summed E-state index contributed by atoms with van der Waals surface area (Å²) in [5, 5.41) is 15.6. The van der Waals surface area contributed by atoms with Crippen molar-refractivity contribution >= 4 is 26.9 Å². The van der Waals surface area contributed by atoms with Crippen LogP contribution in [0.2, 0.25) is 0 Å². The first-order chi connectivity index (χ1) is 19.9. The molecule has 2 aromatic carbocycles. The summed E-state index contributed by atoms with van der Waals surface area (Å²) in [6.45, 7) is 4.66. The van der Waals surface area contributed by atoms with Gasteiger partial charge in [-0.25, -0.2) is 32.2 Å². The Kier molecular flexibility index (Phi) is 8.02. The molecule has 0 radical (unpaired) electrons. The van der Waals surface area contributed by atoms with Gasteiger partial charge >= 0.3 is 6.18 Å². The van der Waals surface area contributed by atoms with E-state index >= 15 is 0 Å².